The summed E-state index contributed by atoms with van der Waals surface area (Å²) >= 11 is 0. The van der Waals surface area contributed by atoms with Crippen molar-refractivity contribution in [3.63, 3.8) is 0 Å². The van der Waals surface area contributed by atoms with E-state index in [4.69, 9.17) is 10.2 Å². The summed E-state index contributed by atoms with van der Waals surface area (Å²) in [6.45, 7) is 1.76. The molecule has 0 aliphatic carbocycles. The van der Waals surface area contributed by atoms with Crippen molar-refractivity contribution in [2.45, 2.75) is 38.0 Å². The molecule has 0 aliphatic heterocycles. The maximum Gasteiger partial charge on any atom is 0.407 e. The van der Waals surface area contributed by atoms with E-state index in [0.29, 0.717) is 34.6 Å². The molecule has 0 spiro atoms. The van der Waals surface area contributed by atoms with Gasteiger partial charge in [0.1, 0.15) is 23.5 Å². The molecule has 0 aliphatic rings. The third kappa shape index (κ3) is 3.87. The zero-order valence-corrected chi connectivity index (χ0v) is 15.0. The molecule has 1 aromatic heterocycles. The Kier molecular flexibility index (Phi) is 5.42. The van der Waals surface area contributed by atoms with Crippen molar-refractivity contribution in [2.75, 3.05) is 0 Å². The van der Waals surface area contributed by atoms with E-state index in [1.165, 1.54) is 18.2 Å². The van der Waals surface area contributed by atoms with E-state index in [2.05, 4.69) is 5.32 Å². The number of primary amides is 1. The van der Waals surface area contributed by atoms with Crippen LogP contribution in [-0.2, 0) is 4.79 Å². The zero-order valence-electron chi connectivity index (χ0n) is 15.0. The summed E-state index contributed by atoms with van der Waals surface area (Å²) in [5.41, 5.74) is 6.33. The van der Waals surface area contributed by atoms with Crippen LogP contribution in [0.3, 0.4) is 0 Å². The average Bonchev–Trinajstić information content (AvgIpc) is 3.00. The number of halogens is 3. The molecule has 0 bridgehead atoms. The van der Waals surface area contributed by atoms with Gasteiger partial charge in [0.25, 0.3) is 0 Å². The second-order valence-corrected chi connectivity index (χ2v) is 6.62. The molecule has 1 unspecified atom stereocenters. The Morgan fingerprint density at radius 3 is 2.54 bits per heavy atom. The van der Waals surface area contributed by atoms with Gasteiger partial charge in [0, 0.05) is 16.3 Å². The molecule has 3 rings (SSSR count). The van der Waals surface area contributed by atoms with Crippen LogP contribution in [0, 0.1) is 0 Å². The van der Waals surface area contributed by atoms with Crippen molar-refractivity contribution in [3.8, 4) is 0 Å². The predicted octanol–water partition coefficient (Wildman–Crippen LogP) is 4.25. The summed E-state index contributed by atoms with van der Waals surface area (Å²) in [4.78, 5) is 22.5. The summed E-state index contributed by atoms with van der Waals surface area (Å²) in [5, 5.41) is 3.58. The van der Waals surface area contributed by atoms with Crippen molar-refractivity contribution in [1.29, 1.82) is 0 Å². The van der Waals surface area contributed by atoms with Crippen molar-refractivity contribution in [3.05, 3.63) is 47.5 Å². The molecule has 148 valence electrons. The predicted molar refractivity (Wildman–Crippen MR) is 98.9 cm³/mol. The van der Waals surface area contributed by atoms with Crippen LogP contribution < -0.4 is 11.1 Å². The summed E-state index contributed by atoms with van der Waals surface area (Å²) in [5.74, 6) is -0.831. The average molecular weight is 392 g/mol. The van der Waals surface area contributed by atoms with Gasteiger partial charge in [0.15, 0.2) is 0 Å². The lowest BCUT2D eigenvalue weighted by molar-refractivity contribution is -0.160. The normalized spacial score (nSPS) is 14.3. The van der Waals surface area contributed by atoms with Gasteiger partial charge in [-0.05, 0) is 36.2 Å². The lowest BCUT2D eigenvalue weighted by Gasteiger charge is -2.26. The monoisotopic (exact) mass is 392 g/mol. The van der Waals surface area contributed by atoms with Crippen LogP contribution in [0.1, 0.15) is 41.7 Å². The third-order valence-electron chi connectivity index (χ3n) is 4.60. The van der Waals surface area contributed by atoms with Gasteiger partial charge in [0.05, 0.1) is 6.04 Å². The molecule has 28 heavy (non-hydrogen) atoms. The fourth-order valence-corrected chi connectivity index (χ4v) is 3.24. The number of furan rings is 1. The van der Waals surface area contributed by atoms with Gasteiger partial charge in [-0.25, -0.2) is 0 Å². The fourth-order valence-electron chi connectivity index (χ4n) is 3.24. The van der Waals surface area contributed by atoms with Gasteiger partial charge >= 0.3 is 6.18 Å². The maximum absolute atomic E-state index is 13.7. The first-order valence-corrected chi connectivity index (χ1v) is 8.78. The Morgan fingerprint density at radius 1 is 1.18 bits per heavy atom. The van der Waals surface area contributed by atoms with Crippen molar-refractivity contribution in [1.82, 2.24) is 5.32 Å². The minimum Gasteiger partial charge on any atom is -0.456 e. The molecular formula is C20H19F3N2O3. The SMILES string of the molecule is CCCC(N[C@@H](c1ccc2c(c1)oc1ccc(C=O)cc12)C(F)(F)F)C(N)=O. The largest absolute Gasteiger partial charge is 0.456 e. The molecule has 1 amide bonds. The number of nitrogens with two attached hydrogens (primary N) is 1. The van der Waals surface area contributed by atoms with Crippen molar-refractivity contribution < 1.29 is 27.2 Å². The second-order valence-electron chi connectivity index (χ2n) is 6.62. The van der Waals surface area contributed by atoms with Crippen LogP contribution in [0.2, 0.25) is 0 Å². The molecule has 5 nitrogen and oxygen atoms in total. The molecule has 2 atom stereocenters. The quantitative estimate of drug-likeness (QED) is 0.589. The molecule has 0 saturated carbocycles. The Balaban J connectivity index is 2.06. The van der Waals surface area contributed by atoms with Crippen LogP contribution >= 0.6 is 0 Å². The van der Waals surface area contributed by atoms with Gasteiger partial charge < -0.3 is 10.2 Å². The summed E-state index contributed by atoms with van der Waals surface area (Å²) < 4.78 is 46.7. The minimum absolute atomic E-state index is 0.0861. The lowest BCUT2D eigenvalue weighted by Crippen LogP contribution is -2.47. The number of hydrogen-bond acceptors (Lipinski definition) is 4. The highest BCUT2D eigenvalue weighted by molar-refractivity contribution is 6.06. The Bertz CT molecular complexity index is 1030. The number of alkyl halides is 3. The van der Waals surface area contributed by atoms with Gasteiger partial charge in [-0.3, -0.25) is 14.9 Å². The van der Waals surface area contributed by atoms with E-state index in [1.54, 1.807) is 25.1 Å². The molecule has 3 N–H and O–H groups in total. The van der Waals surface area contributed by atoms with E-state index < -0.39 is 24.2 Å². The molecular weight excluding hydrogens is 373 g/mol. The van der Waals surface area contributed by atoms with Gasteiger partial charge in [-0.2, -0.15) is 13.2 Å². The molecule has 0 saturated heterocycles. The molecule has 8 heteroatoms. The Hall–Kier alpha value is -2.87. The van der Waals surface area contributed by atoms with Crippen LogP contribution in [-0.4, -0.2) is 24.4 Å². The van der Waals surface area contributed by atoms with Crippen LogP contribution in [0.25, 0.3) is 21.9 Å². The first-order chi connectivity index (χ1) is 13.2. The number of amides is 1. The summed E-state index contributed by atoms with van der Waals surface area (Å²) in [6.07, 6.45) is -3.24. The highest BCUT2D eigenvalue weighted by Crippen LogP contribution is 2.37. The number of nitrogens with one attached hydrogen (secondary N) is 1. The number of rotatable bonds is 7. The second kappa shape index (κ2) is 7.63. The van der Waals surface area contributed by atoms with E-state index in [0.717, 1.165) is 0 Å². The van der Waals surface area contributed by atoms with Crippen LogP contribution in [0.15, 0.2) is 40.8 Å². The van der Waals surface area contributed by atoms with E-state index in [9.17, 15) is 22.8 Å². The smallest absolute Gasteiger partial charge is 0.407 e. The summed E-state index contributed by atoms with van der Waals surface area (Å²) in [7, 11) is 0. The minimum atomic E-state index is -4.63. The van der Waals surface area contributed by atoms with Crippen molar-refractivity contribution >= 4 is 34.1 Å². The third-order valence-corrected chi connectivity index (χ3v) is 4.60. The van der Waals surface area contributed by atoms with Gasteiger partial charge in [-0.15, -0.1) is 0 Å². The van der Waals surface area contributed by atoms with E-state index in [1.807, 2.05) is 0 Å². The number of carbonyl (C=O) groups is 2. The number of fused-ring (bicyclic) bond motifs is 3. The molecule has 0 fully saturated rings. The maximum atomic E-state index is 13.7. The van der Waals surface area contributed by atoms with Crippen molar-refractivity contribution in [2.24, 2.45) is 5.73 Å². The van der Waals surface area contributed by atoms with Crippen LogP contribution in [0.4, 0.5) is 13.2 Å². The molecule has 2 aromatic carbocycles. The number of carbonyl (C=O) groups excluding carboxylic acids is 2. The van der Waals surface area contributed by atoms with Gasteiger partial charge in [0.2, 0.25) is 5.91 Å². The van der Waals surface area contributed by atoms with E-state index in [-0.39, 0.29) is 17.6 Å². The molecule has 0 radical (unpaired) electrons. The highest BCUT2D eigenvalue weighted by Gasteiger charge is 2.42. The van der Waals surface area contributed by atoms with Crippen LogP contribution in [0.5, 0.6) is 0 Å². The summed E-state index contributed by atoms with van der Waals surface area (Å²) in [6, 6.07) is 5.77. The number of aldehydes is 1. The first kappa shape index (κ1) is 19.9. The number of benzene rings is 2. The van der Waals surface area contributed by atoms with Gasteiger partial charge in [-0.1, -0.05) is 25.5 Å². The molecule has 1 heterocycles. The highest BCUT2D eigenvalue weighted by atomic mass is 19.4. The van der Waals surface area contributed by atoms with E-state index >= 15 is 0 Å². The molecule has 3 aromatic rings. The Labute approximate surface area is 158 Å². The topological polar surface area (TPSA) is 85.3 Å². The zero-order chi connectivity index (χ0) is 20.5. The number of hydrogen-bond donors (Lipinski definition) is 2. The Morgan fingerprint density at radius 2 is 1.93 bits per heavy atom. The first-order valence-electron chi connectivity index (χ1n) is 8.78. The lowest BCUT2D eigenvalue weighted by atomic mass is 10.0. The fraction of sp³-hybridized carbons (Fsp3) is 0.300. The standard InChI is InChI=1S/C20H19F3N2O3/c1-2-3-15(19(24)27)25-18(20(21,22)23)12-5-6-13-14-8-11(10-26)4-7-16(14)28-17(13)9-12/h4-10,15,18,25H,2-3H2,1H3,(H2,24,27)/t15?,18-/m0/s1.